The number of amides is 1. The molecule has 0 fully saturated rings. The van der Waals surface area contributed by atoms with Crippen LogP contribution in [0.4, 0.5) is 4.79 Å². The van der Waals surface area contributed by atoms with Gasteiger partial charge in [0, 0.05) is 6.54 Å². The van der Waals surface area contributed by atoms with Gasteiger partial charge in [0.15, 0.2) is 0 Å². The number of carbonyl (C=O) groups excluding carboxylic acids is 1. The predicted octanol–water partition coefficient (Wildman–Crippen LogP) is 4.32. The number of ether oxygens (including phenoxy) is 1. The Hall–Kier alpha value is -2.55. The van der Waals surface area contributed by atoms with E-state index in [0.29, 0.717) is 13.2 Å². The summed E-state index contributed by atoms with van der Waals surface area (Å²) in [5, 5.41) is 2.74. The van der Waals surface area contributed by atoms with Crippen LogP contribution in [0.5, 0.6) is 0 Å². The molecule has 0 unspecified atom stereocenters. The molecule has 0 aliphatic heterocycles. The van der Waals surface area contributed by atoms with E-state index >= 15 is 0 Å². The predicted molar refractivity (Wildman–Crippen MR) is 89.5 cm³/mol. The quantitative estimate of drug-likeness (QED) is 0.806. The fraction of sp³-hybridized carbons (Fsp3) is 0.211. The van der Waals surface area contributed by atoms with Crippen molar-refractivity contribution in [3.63, 3.8) is 0 Å². The van der Waals surface area contributed by atoms with Crippen molar-refractivity contribution in [2.24, 2.45) is 0 Å². The molecule has 2 aromatic rings. The monoisotopic (exact) mass is 295 g/mol. The van der Waals surface area contributed by atoms with Crippen molar-refractivity contribution >= 4 is 12.2 Å². The molecule has 3 heteroatoms. The van der Waals surface area contributed by atoms with Crippen molar-refractivity contribution in [3.8, 4) is 0 Å². The molecule has 114 valence electrons. The number of aryl methyl sites for hydroxylation is 1. The second kappa shape index (κ2) is 8.67. The average Bonchev–Trinajstić information content (AvgIpc) is 2.55. The zero-order chi connectivity index (χ0) is 15.6. The minimum Gasteiger partial charge on any atom is -0.445 e. The van der Waals surface area contributed by atoms with E-state index in [0.717, 1.165) is 12.0 Å². The molecule has 1 N–H and O–H groups in total. The number of alkyl carbamates (subject to hydrolysis) is 1. The Balaban J connectivity index is 1.64. The van der Waals surface area contributed by atoms with E-state index in [1.165, 1.54) is 11.1 Å². The second-order valence-electron chi connectivity index (χ2n) is 5.04. The lowest BCUT2D eigenvalue weighted by Gasteiger charge is -2.06. The molecule has 1 amide bonds. The van der Waals surface area contributed by atoms with Crippen molar-refractivity contribution in [2.75, 3.05) is 6.54 Å². The van der Waals surface area contributed by atoms with Crippen molar-refractivity contribution in [1.29, 1.82) is 0 Å². The summed E-state index contributed by atoms with van der Waals surface area (Å²) in [5.41, 5.74) is 3.43. The summed E-state index contributed by atoms with van der Waals surface area (Å²) in [4.78, 5) is 11.5. The summed E-state index contributed by atoms with van der Waals surface area (Å²) < 4.78 is 5.14. The maximum Gasteiger partial charge on any atom is 0.407 e. The minimum absolute atomic E-state index is 0.297. The number of hydrogen-bond acceptors (Lipinski definition) is 2. The Labute approximate surface area is 131 Å². The zero-order valence-electron chi connectivity index (χ0n) is 12.8. The molecule has 2 aromatic carbocycles. The first-order chi connectivity index (χ1) is 10.8. The van der Waals surface area contributed by atoms with E-state index in [9.17, 15) is 4.79 Å². The Bertz CT molecular complexity index is 620. The Morgan fingerprint density at radius 3 is 2.59 bits per heavy atom. The summed E-state index contributed by atoms with van der Waals surface area (Å²) in [5.74, 6) is 0. The normalized spacial score (nSPS) is 10.6. The summed E-state index contributed by atoms with van der Waals surface area (Å²) in [7, 11) is 0. The molecule has 0 bridgehead atoms. The number of benzene rings is 2. The topological polar surface area (TPSA) is 38.3 Å². The highest BCUT2D eigenvalue weighted by molar-refractivity contribution is 5.67. The highest BCUT2D eigenvalue weighted by Crippen LogP contribution is 2.09. The molecule has 0 aliphatic rings. The minimum atomic E-state index is -0.381. The first kappa shape index (κ1) is 15.8. The van der Waals surface area contributed by atoms with Crippen LogP contribution in [0.15, 0.2) is 60.7 Å². The standard InChI is InChI=1S/C19H21NO2/c1-16-9-5-6-12-18(16)13-7-8-14-20-19(21)22-15-17-10-3-2-4-11-17/h2-7,9-13H,8,14-15H2,1H3,(H,20,21). The molecule has 0 atom stereocenters. The van der Waals surface area contributed by atoms with Gasteiger partial charge in [0.2, 0.25) is 0 Å². The summed E-state index contributed by atoms with van der Waals surface area (Å²) in [6.45, 7) is 2.95. The molecule has 2 rings (SSSR count). The zero-order valence-corrected chi connectivity index (χ0v) is 12.8. The number of carbonyl (C=O) groups is 1. The molecule has 0 heterocycles. The summed E-state index contributed by atoms with van der Waals surface area (Å²) >= 11 is 0. The van der Waals surface area contributed by atoms with Gasteiger partial charge in [-0.25, -0.2) is 4.79 Å². The first-order valence-corrected chi connectivity index (χ1v) is 7.42. The SMILES string of the molecule is Cc1ccccc1C=CCCNC(=O)OCc1ccccc1. The molecule has 0 aromatic heterocycles. The highest BCUT2D eigenvalue weighted by atomic mass is 16.5. The summed E-state index contributed by atoms with van der Waals surface area (Å²) in [6.07, 6.45) is 4.52. The van der Waals surface area contributed by atoms with Gasteiger partial charge in [-0.1, -0.05) is 66.7 Å². The lowest BCUT2D eigenvalue weighted by Crippen LogP contribution is -2.24. The van der Waals surface area contributed by atoms with Crippen LogP contribution in [0.2, 0.25) is 0 Å². The van der Waals surface area contributed by atoms with Gasteiger partial charge in [0.05, 0.1) is 0 Å². The molecule has 0 saturated heterocycles. The highest BCUT2D eigenvalue weighted by Gasteiger charge is 2.00. The third-order valence-corrected chi connectivity index (χ3v) is 3.28. The van der Waals surface area contributed by atoms with Gasteiger partial charge in [-0.05, 0) is 30.0 Å². The van der Waals surface area contributed by atoms with Crippen molar-refractivity contribution < 1.29 is 9.53 Å². The van der Waals surface area contributed by atoms with Crippen LogP contribution in [0.3, 0.4) is 0 Å². The van der Waals surface area contributed by atoms with E-state index in [4.69, 9.17) is 4.74 Å². The second-order valence-corrected chi connectivity index (χ2v) is 5.04. The lowest BCUT2D eigenvalue weighted by molar-refractivity contribution is 0.140. The molecule has 0 spiro atoms. The lowest BCUT2D eigenvalue weighted by atomic mass is 10.1. The third-order valence-electron chi connectivity index (χ3n) is 3.28. The van der Waals surface area contributed by atoms with Gasteiger partial charge < -0.3 is 10.1 Å². The molecular weight excluding hydrogens is 274 g/mol. The van der Waals surface area contributed by atoms with Crippen LogP contribution in [0.1, 0.15) is 23.1 Å². The Morgan fingerprint density at radius 1 is 1.09 bits per heavy atom. The van der Waals surface area contributed by atoms with E-state index < -0.39 is 0 Å². The molecular formula is C19H21NO2. The first-order valence-electron chi connectivity index (χ1n) is 7.42. The van der Waals surface area contributed by atoms with E-state index in [2.05, 4.69) is 36.5 Å². The fourth-order valence-corrected chi connectivity index (χ4v) is 2.02. The maximum atomic E-state index is 11.5. The van der Waals surface area contributed by atoms with Crippen LogP contribution < -0.4 is 5.32 Å². The van der Waals surface area contributed by atoms with Crippen molar-refractivity contribution in [1.82, 2.24) is 5.32 Å². The molecule has 0 saturated carbocycles. The molecule has 0 aliphatic carbocycles. The Morgan fingerprint density at radius 2 is 1.82 bits per heavy atom. The Kier molecular flexibility index (Phi) is 6.24. The van der Waals surface area contributed by atoms with Crippen molar-refractivity contribution in [3.05, 3.63) is 77.4 Å². The van der Waals surface area contributed by atoms with Crippen LogP contribution >= 0.6 is 0 Å². The van der Waals surface area contributed by atoms with Gasteiger partial charge in [0.25, 0.3) is 0 Å². The van der Waals surface area contributed by atoms with Crippen LogP contribution in [-0.2, 0) is 11.3 Å². The van der Waals surface area contributed by atoms with E-state index in [-0.39, 0.29) is 6.09 Å². The van der Waals surface area contributed by atoms with Gasteiger partial charge >= 0.3 is 6.09 Å². The number of nitrogens with one attached hydrogen (secondary N) is 1. The van der Waals surface area contributed by atoms with Crippen molar-refractivity contribution in [2.45, 2.75) is 20.0 Å². The van der Waals surface area contributed by atoms with Gasteiger partial charge in [-0.3, -0.25) is 0 Å². The molecule has 0 radical (unpaired) electrons. The molecule has 3 nitrogen and oxygen atoms in total. The number of rotatable bonds is 6. The van der Waals surface area contributed by atoms with Gasteiger partial charge in [0.1, 0.15) is 6.61 Å². The van der Waals surface area contributed by atoms with Crippen LogP contribution in [0.25, 0.3) is 6.08 Å². The number of hydrogen-bond donors (Lipinski definition) is 1. The summed E-state index contributed by atoms with van der Waals surface area (Å²) in [6, 6.07) is 17.8. The van der Waals surface area contributed by atoms with Gasteiger partial charge in [-0.15, -0.1) is 0 Å². The third kappa shape index (κ3) is 5.44. The van der Waals surface area contributed by atoms with Gasteiger partial charge in [-0.2, -0.15) is 0 Å². The van der Waals surface area contributed by atoms with E-state index in [1.807, 2.05) is 42.5 Å². The average molecular weight is 295 g/mol. The van der Waals surface area contributed by atoms with Crippen LogP contribution in [0, 0.1) is 6.92 Å². The fourth-order valence-electron chi connectivity index (χ4n) is 2.02. The maximum absolute atomic E-state index is 11.5. The van der Waals surface area contributed by atoms with Crippen LogP contribution in [-0.4, -0.2) is 12.6 Å². The van der Waals surface area contributed by atoms with E-state index in [1.54, 1.807) is 0 Å². The smallest absolute Gasteiger partial charge is 0.407 e. The molecule has 22 heavy (non-hydrogen) atoms. The largest absolute Gasteiger partial charge is 0.445 e.